The molecule has 1 aromatic heterocycles. The third kappa shape index (κ3) is 5.14. The maximum absolute atomic E-state index is 10.7. The molecule has 0 radical (unpaired) electrons. The molecule has 0 spiro atoms. The highest BCUT2D eigenvalue weighted by molar-refractivity contribution is 5.78. The number of benzene rings is 4. The molecule has 1 heterocycles. The Labute approximate surface area is 222 Å². The van der Waals surface area contributed by atoms with Crippen LogP contribution in [0.2, 0.25) is 0 Å². The Morgan fingerprint density at radius 2 is 1.39 bits per heavy atom. The van der Waals surface area contributed by atoms with Crippen LogP contribution in [0, 0.1) is 6.92 Å². The van der Waals surface area contributed by atoms with Crippen LogP contribution in [-0.4, -0.2) is 20.3 Å². The van der Waals surface area contributed by atoms with Crippen LogP contribution in [0.4, 0.5) is 0 Å². The summed E-state index contributed by atoms with van der Waals surface area (Å²) in [5, 5.41) is 32.8. The smallest absolute Gasteiger partial charge is 0.219 e. The van der Waals surface area contributed by atoms with E-state index in [0.29, 0.717) is 29.8 Å². The van der Waals surface area contributed by atoms with Crippen molar-refractivity contribution >= 4 is 10.9 Å². The molecule has 5 heteroatoms. The lowest BCUT2D eigenvalue weighted by Crippen LogP contribution is -2.02. The SMILES string of the molecule is Cc1cc(Cc2cc(Cc3ccccc3)c(O)c(O)c2O)c(C(C)C)cc1Oc1ccc2ccccc2n1. The van der Waals surface area contributed by atoms with Crippen LogP contribution in [0.25, 0.3) is 10.9 Å². The molecule has 0 unspecified atom stereocenters. The summed E-state index contributed by atoms with van der Waals surface area (Å²) in [5.41, 5.74) is 6.01. The van der Waals surface area contributed by atoms with Crippen LogP contribution >= 0.6 is 0 Å². The molecule has 0 saturated carbocycles. The second-order valence-electron chi connectivity index (χ2n) is 10.00. The predicted molar refractivity (Wildman–Crippen MR) is 151 cm³/mol. The molecule has 4 aromatic carbocycles. The van der Waals surface area contributed by atoms with Crippen molar-refractivity contribution in [2.45, 2.75) is 39.5 Å². The van der Waals surface area contributed by atoms with E-state index in [-0.39, 0.29) is 17.4 Å². The summed E-state index contributed by atoms with van der Waals surface area (Å²) in [4.78, 5) is 4.64. The minimum atomic E-state index is -0.487. The maximum Gasteiger partial charge on any atom is 0.219 e. The standard InChI is InChI=1S/C33H31NO4/c1-20(2)27-19-29(38-30-14-13-23-11-7-8-12-28(23)34-30)21(3)15-24(27)17-26-18-25(31(35)33(37)32(26)36)16-22-9-5-4-6-10-22/h4-15,18-20,35-37H,16-17H2,1-3H3. The Morgan fingerprint density at radius 1 is 0.711 bits per heavy atom. The zero-order chi connectivity index (χ0) is 26.8. The summed E-state index contributed by atoms with van der Waals surface area (Å²) in [6.07, 6.45) is 0.833. The third-order valence-corrected chi connectivity index (χ3v) is 6.87. The average molecular weight is 506 g/mol. The molecule has 0 aliphatic carbocycles. The van der Waals surface area contributed by atoms with Crippen molar-refractivity contribution in [1.82, 2.24) is 4.98 Å². The summed E-state index contributed by atoms with van der Waals surface area (Å²) < 4.78 is 6.22. The van der Waals surface area contributed by atoms with Crippen LogP contribution in [0.1, 0.15) is 53.1 Å². The Bertz CT molecular complexity index is 1610. The Hall–Kier alpha value is -4.51. The lowest BCUT2D eigenvalue weighted by atomic mass is 9.89. The minimum Gasteiger partial charge on any atom is -0.504 e. The number of aromatic hydroxyl groups is 3. The first kappa shape index (κ1) is 25.2. The number of nitrogens with zero attached hydrogens (tertiary/aromatic N) is 1. The molecular formula is C33H31NO4. The van der Waals surface area contributed by atoms with Crippen molar-refractivity contribution in [1.29, 1.82) is 0 Å². The molecule has 5 nitrogen and oxygen atoms in total. The largest absolute Gasteiger partial charge is 0.504 e. The molecule has 0 aliphatic rings. The lowest BCUT2D eigenvalue weighted by molar-refractivity contribution is 0.363. The average Bonchev–Trinajstić information content (AvgIpc) is 2.92. The van der Waals surface area contributed by atoms with Crippen LogP contribution < -0.4 is 4.74 Å². The van der Waals surface area contributed by atoms with Gasteiger partial charge in [0.1, 0.15) is 5.75 Å². The maximum atomic E-state index is 10.7. The van der Waals surface area contributed by atoms with Gasteiger partial charge in [-0.05, 0) is 59.4 Å². The predicted octanol–water partition coefficient (Wildman–Crippen LogP) is 7.76. The fourth-order valence-corrected chi connectivity index (χ4v) is 4.83. The molecule has 0 atom stereocenters. The highest BCUT2D eigenvalue weighted by atomic mass is 16.5. The van der Waals surface area contributed by atoms with Crippen LogP contribution in [0.5, 0.6) is 28.9 Å². The van der Waals surface area contributed by atoms with Gasteiger partial charge in [0.25, 0.3) is 0 Å². The van der Waals surface area contributed by atoms with Crippen LogP contribution in [0.15, 0.2) is 84.9 Å². The van der Waals surface area contributed by atoms with Crippen molar-refractivity contribution in [3.63, 3.8) is 0 Å². The van der Waals surface area contributed by atoms with E-state index in [0.717, 1.165) is 38.9 Å². The number of para-hydroxylation sites is 1. The van der Waals surface area contributed by atoms with Gasteiger partial charge < -0.3 is 20.1 Å². The van der Waals surface area contributed by atoms with Gasteiger partial charge in [-0.25, -0.2) is 4.98 Å². The van der Waals surface area contributed by atoms with E-state index in [2.05, 4.69) is 24.9 Å². The van der Waals surface area contributed by atoms with Crippen molar-refractivity contribution < 1.29 is 20.1 Å². The molecule has 38 heavy (non-hydrogen) atoms. The van der Waals surface area contributed by atoms with Crippen LogP contribution in [-0.2, 0) is 12.8 Å². The quantitative estimate of drug-likeness (QED) is 0.197. The van der Waals surface area contributed by atoms with Gasteiger partial charge in [-0.1, -0.05) is 68.4 Å². The summed E-state index contributed by atoms with van der Waals surface area (Å²) in [5.74, 6) is 0.366. The first-order valence-electron chi connectivity index (χ1n) is 12.8. The molecule has 0 amide bonds. The van der Waals surface area contributed by atoms with E-state index in [1.807, 2.05) is 79.7 Å². The molecule has 0 aliphatic heterocycles. The van der Waals surface area contributed by atoms with E-state index in [9.17, 15) is 15.3 Å². The Balaban J connectivity index is 1.48. The first-order valence-corrected chi connectivity index (χ1v) is 12.8. The number of pyridine rings is 1. The van der Waals surface area contributed by atoms with Gasteiger partial charge in [0.2, 0.25) is 11.6 Å². The second-order valence-corrected chi connectivity index (χ2v) is 10.00. The number of aromatic nitrogens is 1. The molecule has 0 saturated heterocycles. The minimum absolute atomic E-state index is 0.189. The summed E-state index contributed by atoms with van der Waals surface area (Å²) in [7, 11) is 0. The van der Waals surface area contributed by atoms with E-state index in [1.54, 1.807) is 6.07 Å². The van der Waals surface area contributed by atoms with Crippen molar-refractivity contribution in [3.8, 4) is 28.9 Å². The highest BCUT2D eigenvalue weighted by Gasteiger charge is 2.20. The number of rotatable bonds is 7. The summed E-state index contributed by atoms with van der Waals surface area (Å²) >= 11 is 0. The van der Waals surface area contributed by atoms with E-state index in [4.69, 9.17) is 4.74 Å². The van der Waals surface area contributed by atoms with Gasteiger partial charge in [-0.3, -0.25) is 0 Å². The van der Waals surface area contributed by atoms with Gasteiger partial charge >= 0.3 is 0 Å². The monoisotopic (exact) mass is 505 g/mol. The van der Waals surface area contributed by atoms with Gasteiger partial charge in [-0.2, -0.15) is 0 Å². The number of aryl methyl sites for hydroxylation is 1. The van der Waals surface area contributed by atoms with Gasteiger partial charge in [0.05, 0.1) is 5.52 Å². The second kappa shape index (κ2) is 10.5. The van der Waals surface area contributed by atoms with E-state index >= 15 is 0 Å². The van der Waals surface area contributed by atoms with Gasteiger partial charge in [0, 0.05) is 35.4 Å². The normalized spacial score (nSPS) is 11.3. The lowest BCUT2D eigenvalue weighted by Gasteiger charge is -2.19. The van der Waals surface area contributed by atoms with Gasteiger partial charge in [-0.15, -0.1) is 0 Å². The summed E-state index contributed by atoms with van der Waals surface area (Å²) in [6, 6.07) is 27.4. The van der Waals surface area contributed by atoms with E-state index in [1.165, 1.54) is 0 Å². The zero-order valence-corrected chi connectivity index (χ0v) is 21.8. The number of hydrogen-bond acceptors (Lipinski definition) is 5. The molecule has 192 valence electrons. The molecular weight excluding hydrogens is 474 g/mol. The van der Waals surface area contributed by atoms with Crippen molar-refractivity contribution in [2.24, 2.45) is 0 Å². The van der Waals surface area contributed by atoms with Crippen molar-refractivity contribution in [2.75, 3.05) is 0 Å². The Kier molecular flexibility index (Phi) is 6.93. The zero-order valence-electron chi connectivity index (χ0n) is 21.8. The fourth-order valence-electron chi connectivity index (χ4n) is 4.83. The van der Waals surface area contributed by atoms with Crippen molar-refractivity contribution in [3.05, 3.63) is 118 Å². The molecule has 5 aromatic rings. The fraction of sp³-hybridized carbons (Fsp3) is 0.182. The number of ether oxygens (including phenoxy) is 1. The topological polar surface area (TPSA) is 82.8 Å². The number of phenolic OH excluding ortho intramolecular Hbond substituents is 3. The first-order chi connectivity index (χ1) is 18.3. The third-order valence-electron chi connectivity index (χ3n) is 6.87. The van der Waals surface area contributed by atoms with E-state index < -0.39 is 5.75 Å². The number of fused-ring (bicyclic) bond motifs is 1. The highest BCUT2D eigenvalue weighted by Crippen LogP contribution is 2.43. The Morgan fingerprint density at radius 3 is 2.13 bits per heavy atom. The number of hydrogen-bond donors (Lipinski definition) is 3. The van der Waals surface area contributed by atoms with Gasteiger partial charge in [0.15, 0.2) is 11.5 Å². The number of phenols is 3. The van der Waals surface area contributed by atoms with Crippen LogP contribution in [0.3, 0.4) is 0 Å². The molecule has 3 N–H and O–H groups in total. The molecule has 0 fully saturated rings. The molecule has 0 bridgehead atoms. The summed E-state index contributed by atoms with van der Waals surface area (Å²) in [6.45, 7) is 6.21. The molecule has 5 rings (SSSR count).